The Morgan fingerprint density at radius 2 is 1.85 bits per heavy atom. The standard InChI is InChI=1S/C25H21F3N2O3/c1-16-13-17(3-2-11-33-12-10-26)14-22(29-16)25(32)30-24(18-4-6-19(27)7-5-18)21-15-20(28)8-9-23(21)31/h4-9,13-15,24,31H,10-12H2,1H3,(H,30,32). The van der Waals surface area contributed by atoms with Crippen LogP contribution in [-0.4, -0.2) is 35.9 Å². The monoisotopic (exact) mass is 454 g/mol. The van der Waals surface area contributed by atoms with Crippen LogP contribution in [0.5, 0.6) is 5.75 Å². The molecule has 1 amide bonds. The third-order valence-electron chi connectivity index (χ3n) is 4.59. The van der Waals surface area contributed by atoms with Gasteiger partial charge in [-0.1, -0.05) is 24.0 Å². The molecule has 1 atom stereocenters. The number of carbonyl (C=O) groups is 1. The van der Waals surface area contributed by atoms with E-state index < -0.39 is 30.3 Å². The number of benzene rings is 2. The minimum Gasteiger partial charge on any atom is -0.508 e. The largest absolute Gasteiger partial charge is 0.508 e. The second-order valence-corrected chi connectivity index (χ2v) is 7.09. The van der Waals surface area contributed by atoms with Gasteiger partial charge >= 0.3 is 0 Å². The average molecular weight is 454 g/mol. The first-order valence-corrected chi connectivity index (χ1v) is 10.0. The molecule has 0 aliphatic heterocycles. The number of nitrogens with one attached hydrogen (secondary N) is 1. The number of hydrogen-bond acceptors (Lipinski definition) is 4. The third kappa shape index (κ3) is 6.57. The predicted octanol–water partition coefficient (Wildman–Crippen LogP) is 4.23. The van der Waals surface area contributed by atoms with E-state index in [9.17, 15) is 23.1 Å². The van der Waals surface area contributed by atoms with Crippen molar-refractivity contribution in [1.82, 2.24) is 10.3 Å². The topological polar surface area (TPSA) is 71.5 Å². The Hall–Kier alpha value is -3.83. The first-order valence-electron chi connectivity index (χ1n) is 10.0. The number of pyridine rings is 1. The summed E-state index contributed by atoms with van der Waals surface area (Å²) in [4.78, 5) is 17.3. The molecule has 33 heavy (non-hydrogen) atoms. The van der Waals surface area contributed by atoms with Gasteiger partial charge < -0.3 is 15.2 Å². The molecule has 0 fully saturated rings. The molecule has 1 unspecified atom stereocenters. The highest BCUT2D eigenvalue weighted by Crippen LogP contribution is 2.30. The number of halogens is 3. The van der Waals surface area contributed by atoms with Gasteiger partial charge in [0.2, 0.25) is 0 Å². The maximum atomic E-state index is 13.9. The molecule has 1 aromatic heterocycles. The van der Waals surface area contributed by atoms with Gasteiger partial charge in [0.25, 0.3) is 5.91 Å². The van der Waals surface area contributed by atoms with Crippen LogP contribution >= 0.6 is 0 Å². The van der Waals surface area contributed by atoms with Gasteiger partial charge in [-0.2, -0.15) is 0 Å². The molecule has 0 saturated carbocycles. The number of carbonyl (C=O) groups excluding carboxylic acids is 1. The van der Waals surface area contributed by atoms with Crippen LogP contribution < -0.4 is 5.32 Å². The van der Waals surface area contributed by atoms with Crippen molar-refractivity contribution in [1.29, 1.82) is 0 Å². The maximum absolute atomic E-state index is 13.9. The SMILES string of the molecule is Cc1cc(C#CCOCCF)cc(C(=O)NC(c2ccc(F)cc2)c2cc(F)ccc2O)n1. The van der Waals surface area contributed by atoms with Gasteiger partial charge in [-0.25, -0.2) is 18.2 Å². The lowest BCUT2D eigenvalue weighted by Gasteiger charge is -2.21. The Labute approximate surface area is 189 Å². The Bertz CT molecular complexity index is 1190. The van der Waals surface area contributed by atoms with Crippen molar-refractivity contribution in [2.24, 2.45) is 0 Å². The second-order valence-electron chi connectivity index (χ2n) is 7.09. The van der Waals surface area contributed by atoms with E-state index in [0.717, 1.165) is 12.1 Å². The number of aromatic hydroxyl groups is 1. The van der Waals surface area contributed by atoms with E-state index in [1.165, 1.54) is 36.4 Å². The number of hydrogen-bond donors (Lipinski definition) is 2. The number of phenols is 1. The molecule has 170 valence electrons. The molecule has 0 saturated heterocycles. The van der Waals surface area contributed by atoms with E-state index >= 15 is 0 Å². The lowest BCUT2D eigenvalue weighted by molar-refractivity contribution is 0.0937. The molecule has 5 nitrogen and oxygen atoms in total. The zero-order valence-corrected chi connectivity index (χ0v) is 17.7. The number of nitrogens with zero attached hydrogens (tertiary/aromatic N) is 1. The summed E-state index contributed by atoms with van der Waals surface area (Å²) in [5.74, 6) is 3.64. The summed E-state index contributed by atoms with van der Waals surface area (Å²) < 4.78 is 44.4. The Morgan fingerprint density at radius 1 is 1.12 bits per heavy atom. The fraction of sp³-hybridized carbons (Fsp3) is 0.200. The lowest BCUT2D eigenvalue weighted by atomic mass is 9.97. The van der Waals surface area contributed by atoms with Crippen LogP contribution in [0.4, 0.5) is 13.2 Å². The minimum absolute atomic E-state index is 0.0400. The van der Waals surface area contributed by atoms with Crippen LogP contribution in [0, 0.1) is 30.4 Å². The van der Waals surface area contributed by atoms with E-state index in [1.807, 2.05) is 0 Å². The van der Waals surface area contributed by atoms with E-state index in [4.69, 9.17) is 4.74 Å². The van der Waals surface area contributed by atoms with Gasteiger partial charge in [0.05, 0.1) is 12.6 Å². The minimum atomic E-state index is -0.972. The molecule has 0 aliphatic carbocycles. The Morgan fingerprint density at radius 3 is 2.58 bits per heavy atom. The quantitative estimate of drug-likeness (QED) is 0.414. The van der Waals surface area contributed by atoms with Gasteiger partial charge in [-0.15, -0.1) is 0 Å². The summed E-state index contributed by atoms with van der Waals surface area (Å²) in [6, 6.07) is 10.8. The molecular weight excluding hydrogens is 433 g/mol. The molecule has 0 radical (unpaired) electrons. The highest BCUT2D eigenvalue weighted by molar-refractivity contribution is 5.93. The van der Waals surface area contributed by atoms with Crippen molar-refractivity contribution >= 4 is 5.91 Å². The van der Waals surface area contributed by atoms with Crippen LogP contribution in [0.3, 0.4) is 0 Å². The van der Waals surface area contributed by atoms with Crippen molar-refractivity contribution in [3.8, 4) is 17.6 Å². The number of ether oxygens (including phenoxy) is 1. The molecule has 0 spiro atoms. The highest BCUT2D eigenvalue weighted by atomic mass is 19.1. The molecule has 2 aromatic carbocycles. The number of phenolic OH excluding ortho intramolecular Hbond substituents is 1. The molecule has 8 heteroatoms. The molecule has 3 rings (SSSR count). The number of aryl methyl sites for hydroxylation is 1. The van der Waals surface area contributed by atoms with E-state index in [0.29, 0.717) is 16.8 Å². The number of aromatic nitrogens is 1. The van der Waals surface area contributed by atoms with Crippen LogP contribution in [0.15, 0.2) is 54.6 Å². The third-order valence-corrected chi connectivity index (χ3v) is 4.59. The fourth-order valence-electron chi connectivity index (χ4n) is 3.13. The van der Waals surface area contributed by atoms with E-state index in [-0.39, 0.29) is 30.2 Å². The number of amides is 1. The summed E-state index contributed by atoms with van der Waals surface area (Å²) in [5, 5.41) is 13.0. The summed E-state index contributed by atoms with van der Waals surface area (Å²) in [5.41, 5.74) is 1.62. The molecule has 0 aliphatic rings. The van der Waals surface area contributed by atoms with Gasteiger partial charge in [0.15, 0.2) is 0 Å². The van der Waals surface area contributed by atoms with Gasteiger partial charge in [0, 0.05) is 16.8 Å². The van der Waals surface area contributed by atoms with Crippen molar-refractivity contribution in [3.05, 3.63) is 94.3 Å². The number of alkyl halides is 1. The van der Waals surface area contributed by atoms with Crippen molar-refractivity contribution in [3.63, 3.8) is 0 Å². The van der Waals surface area contributed by atoms with Crippen LogP contribution in [0.25, 0.3) is 0 Å². The zero-order valence-electron chi connectivity index (χ0n) is 17.7. The first-order chi connectivity index (χ1) is 15.9. The summed E-state index contributed by atoms with van der Waals surface area (Å²) in [6.07, 6.45) is 0. The van der Waals surface area contributed by atoms with Crippen molar-refractivity contribution in [2.45, 2.75) is 13.0 Å². The normalized spacial score (nSPS) is 11.4. The van der Waals surface area contributed by atoms with Gasteiger partial charge in [0.1, 0.15) is 36.4 Å². The molecular formula is C25H21F3N2O3. The summed E-state index contributed by atoms with van der Waals surface area (Å²) in [7, 11) is 0. The molecule has 0 bridgehead atoms. The fourth-order valence-corrected chi connectivity index (χ4v) is 3.13. The predicted molar refractivity (Wildman–Crippen MR) is 116 cm³/mol. The Kier molecular flexibility index (Phi) is 8.06. The average Bonchev–Trinajstić information content (AvgIpc) is 2.79. The first kappa shape index (κ1) is 23.8. The molecule has 2 N–H and O–H groups in total. The summed E-state index contributed by atoms with van der Waals surface area (Å²) >= 11 is 0. The van der Waals surface area contributed by atoms with Gasteiger partial charge in [-0.05, 0) is 55.0 Å². The van der Waals surface area contributed by atoms with Crippen molar-refractivity contribution in [2.75, 3.05) is 19.9 Å². The molecule has 1 heterocycles. The zero-order chi connectivity index (χ0) is 23.8. The maximum Gasteiger partial charge on any atom is 0.270 e. The van der Waals surface area contributed by atoms with Crippen molar-refractivity contribution < 1.29 is 27.8 Å². The highest BCUT2D eigenvalue weighted by Gasteiger charge is 2.22. The lowest BCUT2D eigenvalue weighted by Crippen LogP contribution is -2.30. The summed E-state index contributed by atoms with van der Waals surface area (Å²) in [6.45, 7) is 1.08. The second kappa shape index (κ2) is 11.2. The van der Waals surface area contributed by atoms with Crippen LogP contribution in [0.1, 0.15) is 38.9 Å². The van der Waals surface area contributed by atoms with E-state index in [1.54, 1.807) is 13.0 Å². The smallest absolute Gasteiger partial charge is 0.270 e. The van der Waals surface area contributed by atoms with E-state index in [2.05, 4.69) is 22.1 Å². The van der Waals surface area contributed by atoms with Crippen LogP contribution in [0.2, 0.25) is 0 Å². The molecule has 3 aromatic rings. The number of rotatable bonds is 7. The Balaban J connectivity index is 1.91. The van der Waals surface area contributed by atoms with Crippen LogP contribution in [-0.2, 0) is 4.74 Å². The van der Waals surface area contributed by atoms with Gasteiger partial charge in [-0.3, -0.25) is 4.79 Å².